The molecule has 0 bridgehead atoms. The molecule has 5 nitrogen and oxygen atoms in total. The third-order valence-corrected chi connectivity index (χ3v) is 2.19. The van der Waals surface area contributed by atoms with Crippen LogP contribution in [0, 0.1) is 10.1 Å². The van der Waals surface area contributed by atoms with Crippen molar-refractivity contribution >= 4 is 6.08 Å². The summed E-state index contributed by atoms with van der Waals surface area (Å²) in [5.41, 5.74) is 2.98. The van der Waals surface area contributed by atoms with E-state index < -0.39 is 4.92 Å². The molecule has 0 atom stereocenters. The average Bonchev–Trinajstić information content (AvgIpc) is 2.60. The summed E-state index contributed by atoms with van der Waals surface area (Å²) in [5.74, 6) is 0. The van der Waals surface area contributed by atoms with Gasteiger partial charge in [-0.15, -0.1) is 0 Å². The Morgan fingerprint density at radius 1 is 1.54 bits per heavy atom. The molecule has 2 rings (SSSR count). The highest BCUT2D eigenvalue weighted by Crippen LogP contribution is 2.23. The Morgan fingerprint density at radius 2 is 2.38 bits per heavy atom. The number of nitro groups is 1. The second kappa shape index (κ2) is 3.01. The van der Waals surface area contributed by atoms with Gasteiger partial charge in [0.25, 0.3) is 0 Å². The first kappa shape index (κ1) is 7.97. The molecular weight excluding hydrogens is 170 g/mol. The predicted molar refractivity (Wildman–Crippen MR) is 46.6 cm³/mol. The number of hydrogen-bond acceptors (Lipinski definition) is 3. The summed E-state index contributed by atoms with van der Waals surface area (Å²) in [4.78, 5) is 9.60. The summed E-state index contributed by atoms with van der Waals surface area (Å²) < 4.78 is 0. The Bertz CT molecular complexity index is 367. The van der Waals surface area contributed by atoms with Crippen LogP contribution < -0.4 is 0 Å². The van der Waals surface area contributed by atoms with Gasteiger partial charge in [0.2, 0.25) is 6.20 Å². The van der Waals surface area contributed by atoms with Gasteiger partial charge in [-0.1, -0.05) is 0 Å². The van der Waals surface area contributed by atoms with E-state index in [1.54, 1.807) is 0 Å². The fraction of sp³-hybridized carbons (Fsp3) is 0.375. The van der Waals surface area contributed by atoms with Crippen LogP contribution in [0.4, 0.5) is 0 Å². The lowest BCUT2D eigenvalue weighted by atomic mass is 10.2. The monoisotopic (exact) mass is 179 g/mol. The van der Waals surface area contributed by atoms with E-state index in [9.17, 15) is 10.1 Å². The van der Waals surface area contributed by atoms with E-state index in [1.165, 1.54) is 6.08 Å². The number of nitrogens with one attached hydrogen (secondary N) is 1. The van der Waals surface area contributed by atoms with Gasteiger partial charge in [-0.25, -0.2) is 0 Å². The number of aryl methyl sites for hydroxylation is 1. The molecule has 1 aliphatic rings. The van der Waals surface area contributed by atoms with Gasteiger partial charge < -0.3 is 0 Å². The maximum atomic E-state index is 10.1. The van der Waals surface area contributed by atoms with Crippen LogP contribution in [0.2, 0.25) is 0 Å². The minimum absolute atomic E-state index is 0.476. The number of H-pyrrole nitrogens is 1. The topological polar surface area (TPSA) is 71.8 Å². The number of hydrogen-bond donors (Lipinski definition) is 1. The van der Waals surface area contributed by atoms with E-state index in [0.717, 1.165) is 36.7 Å². The first-order chi connectivity index (χ1) is 6.27. The summed E-state index contributed by atoms with van der Waals surface area (Å²) in [6.45, 7) is 0. The highest BCUT2D eigenvalue weighted by atomic mass is 16.6. The van der Waals surface area contributed by atoms with E-state index in [-0.39, 0.29) is 0 Å². The van der Waals surface area contributed by atoms with Crippen molar-refractivity contribution in [3.05, 3.63) is 33.3 Å². The van der Waals surface area contributed by atoms with Crippen molar-refractivity contribution < 1.29 is 4.92 Å². The molecular formula is C8H9N3O2. The summed E-state index contributed by atoms with van der Waals surface area (Å²) in [7, 11) is 0. The van der Waals surface area contributed by atoms with Gasteiger partial charge in [0, 0.05) is 17.3 Å². The molecule has 1 aromatic heterocycles. The lowest BCUT2D eigenvalue weighted by Crippen LogP contribution is -1.85. The summed E-state index contributed by atoms with van der Waals surface area (Å²) in [6, 6.07) is 0. The lowest BCUT2D eigenvalue weighted by molar-refractivity contribution is -0.401. The number of nitrogens with zero attached hydrogens (tertiary/aromatic N) is 2. The number of aromatic amines is 1. The lowest BCUT2D eigenvalue weighted by Gasteiger charge is -1.87. The van der Waals surface area contributed by atoms with Crippen LogP contribution in [0.1, 0.15) is 23.4 Å². The van der Waals surface area contributed by atoms with Crippen molar-refractivity contribution in [3.8, 4) is 0 Å². The molecule has 1 N–H and O–H groups in total. The van der Waals surface area contributed by atoms with Crippen molar-refractivity contribution in [2.75, 3.05) is 0 Å². The maximum Gasteiger partial charge on any atom is 0.236 e. The van der Waals surface area contributed by atoms with E-state index in [1.807, 2.05) is 0 Å². The van der Waals surface area contributed by atoms with Crippen LogP contribution >= 0.6 is 0 Å². The summed E-state index contributed by atoms with van der Waals surface area (Å²) in [6.07, 6.45) is 5.47. The Kier molecular flexibility index (Phi) is 1.84. The summed E-state index contributed by atoms with van der Waals surface area (Å²) in [5, 5.41) is 17.0. The molecule has 1 aromatic rings. The van der Waals surface area contributed by atoms with E-state index in [0.29, 0.717) is 5.69 Å². The zero-order valence-corrected chi connectivity index (χ0v) is 6.99. The molecule has 5 heteroatoms. The minimum atomic E-state index is -0.476. The number of aromatic nitrogens is 2. The molecule has 1 heterocycles. The fourth-order valence-electron chi connectivity index (χ4n) is 1.61. The smallest absolute Gasteiger partial charge is 0.236 e. The molecule has 0 spiro atoms. The largest absolute Gasteiger partial charge is 0.282 e. The third-order valence-electron chi connectivity index (χ3n) is 2.19. The minimum Gasteiger partial charge on any atom is -0.282 e. The van der Waals surface area contributed by atoms with Crippen molar-refractivity contribution in [1.29, 1.82) is 0 Å². The number of rotatable bonds is 2. The molecule has 68 valence electrons. The SMILES string of the molecule is O=[N+]([O-])/C=C/c1n[nH]c2c1CCC2. The molecule has 0 aromatic carbocycles. The first-order valence-electron chi connectivity index (χ1n) is 4.15. The predicted octanol–water partition coefficient (Wildman–Crippen LogP) is 1.15. The molecule has 1 aliphatic carbocycles. The third kappa shape index (κ3) is 1.44. The Balaban J connectivity index is 2.26. The Labute approximate surface area is 74.6 Å². The van der Waals surface area contributed by atoms with Crippen molar-refractivity contribution in [3.63, 3.8) is 0 Å². The zero-order chi connectivity index (χ0) is 9.26. The van der Waals surface area contributed by atoms with Gasteiger partial charge in [0.15, 0.2) is 0 Å². The quantitative estimate of drug-likeness (QED) is 0.546. The molecule has 13 heavy (non-hydrogen) atoms. The van der Waals surface area contributed by atoms with Crippen LogP contribution in [0.15, 0.2) is 6.20 Å². The van der Waals surface area contributed by atoms with Gasteiger partial charge >= 0.3 is 0 Å². The first-order valence-corrected chi connectivity index (χ1v) is 4.15. The highest BCUT2D eigenvalue weighted by molar-refractivity contribution is 5.50. The molecule has 0 unspecified atom stereocenters. The molecule has 0 amide bonds. The second-order valence-corrected chi connectivity index (χ2v) is 3.02. The second-order valence-electron chi connectivity index (χ2n) is 3.02. The van der Waals surface area contributed by atoms with Crippen LogP contribution in [-0.2, 0) is 12.8 Å². The van der Waals surface area contributed by atoms with Crippen LogP contribution in [0.5, 0.6) is 0 Å². The standard InChI is InChI=1S/C8H9N3O2/c12-11(13)5-4-8-6-2-1-3-7(6)9-10-8/h4-5H,1-3H2,(H,9,10)/b5-4+. The molecule has 0 aliphatic heterocycles. The normalized spacial score (nSPS) is 15.1. The van der Waals surface area contributed by atoms with E-state index in [4.69, 9.17) is 0 Å². The van der Waals surface area contributed by atoms with Crippen LogP contribution in [0.25, 0.3) is 6.08 Å². The highest BCUT2D eigenvalue weighted by Gasteiger charge is 2.16. The fourth-order valence-corrected chi connectivity index (χ4v) is 1.61. The van der Waals surface area contributed by atoms with Crippen molar-refractivity contribution in [2.45, 2.75) is 19.3 Å². The van der Waals surface area contributed by atoms with Crippen molar-refractivity contribution in [1.82, 2.24) is 10.2 Å². The number of fused-ring (bicyclic) bond motifs is 1. The van der Waals surface area contributed by atoms with Gasteiger partial charge in [-0.05, 0) is 19.3 Å². The van der Waals surface area contributed by atoms with Gasteiger partial charge in [-0.3, -0.25) is 15.2 Å². The summed E-state index contributed by atoms with van der Waals surface area (Å²) >= 11 is 0. The molecule has 0 saturated carbocycles. The van der Waals surface area contributed by atoms with Crippen LogP contribution in [0.3, 0.4) is 0 Å². The van der Waals surface area contributed by atoms with E-state index in [2.05, 4.69) is 10.2 Å². The Hall–Kier alpha value is -1.65. The molecule has 0 fully saturated rings. The Morgan fingerprint density at radius 3 is 3.15 bits per heavy atom. The molecule has 0 radical (unpaired) electrons. The van der Waals surface area contributed by atoms with Crippen molar-refractivity contribution in [2.24, 2.45) is 0 Å². The zero-order valence-electron chi connectivity index (χ0n) is 6.99. The van der Waals surface area contributed by atoms with Crippen LogP contribution in [-0.4, -0.2) is 15.1 Å². The van der Waals surface area contributed by atoms with Gasteiger partial charge in [-0.2, -0.15) is 5.10 Å². The van der Waals surface area contributed by atoms with Gasteiger partial charge in [0.1, 0.15) is 0 Å². The van der Waals surface area contributed by atoms with Gasteiger partial charge in [0.05, 0.1) is 10.6 Å². The average molecular weight is 179 g/mol. The van der Waals surface area contributed by atoms with E-state index >= 15 is 0 Å². The molecule has 0 saturated heterocycles. The maximum absolute atomic E-state index is 10.1.